The SMILES string of the molecule is Cc1nnc(CNC2CC(=O)N(C)C2=O)o1. The molecule has 86 valence electrons. The molecule has 0 aliphatic carbocycles. The van der Waals surface area contributed by atoms with E-state index in [-0.39, 0.29) is 18.2 Å². The Bertz CT molecular complexity index is 428. The number of aryl methyl sites for hydroxylation is 1. The normalized spacial score (nSPS) is 20.9. The first-order chi connectivity index (χ1) is 7.58. The molecule has 1 aromatic rings. The Kier molecular flexibility index (Phi) is 2.69. The maximum absolute atomic E-state index is 11.5. The van der Waals surface area contributed by atoms with Crippen LogP contribution < -0.4 is 5.32 Å². The summed E-state index contributed by atoms with van der Waals surface area (Å²) in [5.41, 5.74) is 0. The lowest BCUT2D eigenvalue weighted by molar-refractivity contribution is -0.137. The molecule has 0 bridgehead atoms. The van der Waals surface area contributed by atoms with Crippen LogP contribution in [0.25, 0.3) is 0 Å². The third-order valence-electron chi connectivity index (χ3n) is 2.45. The average molecular weight is 224 g/mol. The van der Waals surface area contributed by atoms with Crippen LogP contribution >= 0.6 is 0 Å². The van der Waals surface area contributed by atoms with E-state index < -0.39 is 6.04 Å². The summed E-state index contributed by atoms with van der Waals surface area (Å²) in [4.78, 5) is 23.9. The molecule has 1 atom stereocenters. The number of aromatic nitrogens is 2. The summed E-state index contributed by atoms with van der Waals surface area (Å²) < 4.78 is 5.14. The minimum atomic E-state index is -0.482. The molecule has 1 aromatic heterocycles. The first-order valence-corrected chi connectivity index (χ1v) is 4.90. The monoisotopic (exact) mass is 224 g/mol. The van der Waals surface area contributed by atoms with E-state index in [2.05, 4.69) is 15.5 Å². The predicted molar refractivity (Wildman–Crippen MR) is 52.1 cm³/mol. The van der Waals surface area contributed by atoms with E-state index in [1.807, 2.05) is 0 Å². The van der Waals surface area contributed by atoms with Crippen molar-refractivity contribution in [3.05, 3.63) is 11.8 Å². The molecule has 1 N–H and O–H groups in total. The van der Waals surface area contributed by atoms with Gasteiger partial charge in [-0.15, -0.1) is 10.2 Å². The molecule has 7 nitrogen and oxygen atoms in total. The van der Waals surface area contributed by atoms with Gasteiger partial charge in [0.05, 0.1) is 19.0 Å². The van der Waals surface area contributed by atoms with Crippen LogP contribution in [0.2, 0.25) is 0 Å². The fourth-order valence-electron chi connectivity index (χ4n) is 1.53. The predicted octanol–water partition coefficient (Wildman–Crippen LogP) is -0.775. The van der Waals surface area contributed by atoms with Crippen molar-refractivity contribution < 1.29 is 14.0 Å². The van der Waals surface area contributed by atoms with Gasteiger partial charge in [-0.1, -0.05) is 0 Å². The van der Waals surface area contributed by atoms with Crippen molar-refractivity contribution >= 4 is 11.8 Å². The van der Waals surface area contributed by atoms with Crippen molar-refractivity contribution in [3.8, 4) is 0 Å². The van der Waals surface area contributed by atoms with Crippen LogP contribution in [0.1, 0.15) is 18.2 Å². The second kappa shape index (κ2) is 4.01. The van der Waals surface area contributed by atoms with Gasteiger partial charge >= 0.3 is 0 Å². The Hall–Kier alpha value is -1.76. The highest BCUT2D eigenvalue weighted by atomic mass is 16.4. The molecule has 16 heavy (non-hydrogen) atoms. The third-order valence-corrected chi connectivity index (χ3v) is 2.45. The van der Waals surface area contributed by atoms with Crippen LogP contribution in [-0.4, -0.2) is 40.0 Å². The van der Waals surface area contributed by atoms with Crippen LogP contribution in [0, 0.1) is 6.92 Å². The quantitative estimate of drug-likeness (QED) is 0.678. The second-order valence-corrected chi connectivity index (χ2v) is 3.64. The summed E-state index contributed by atoms with van der Waals surface area (Å²) in [6.07, 6.45) is 0.183. The number of carbonyl (C=O) groups excluding carboxylic acids is 2. The fraction of sp³-hybridized carbons (Fsp3) is 0.556. The van der Waals surface area contributed by atoms with Gasteiger partial charge in [0.2, 0.25) is 23.6 Å². The van der Waals surface area contributed by atoms with Gasteiger partial charge in [0.1, 0.15) is 0 Å². The van der Waals surface area contributed by atoms with Gasteiger partial charge in [0.15, 0.2) is 0 Å². The largest absolute Gasteiger partial charge is 0.424 e. The van der Waals surface area contributed by atoms with E-state index in [4.69, 9.17) is 4.42 Å². The Morgan fingerprint density at radius 2 is 2.25 bits per heavy atom. The maximum atomic E-state index is 11.5. The number of rotatable bonds is 3. The van der Waals surface area contributed by atoms with Crippen LogP contribution in [0.3, 0.4) is 0 Å². The number of nitrogens with one attached hydrogen (secondary N) is 1. The Labute approximate surface area is 91.8 Å². The van der Waals surface area contributed by atoms with E-state index in [9.17, 15) is 9.59 Å². The van der Waals surface area contributed by atoms with Gasteiger partial charge in [-0.25, -0.2) is 0 Å². The molecule has 0 saturated carbocycles. The molecular weight excluding hydrogens is 212 g/mol. The highest BCUT2D eigenvalue weighted by Gasteiger charge is 2.35. The zero-order valence-electron chi connectivity index (χ0n) is 9.06. The molecule has 0 spiro atoms. The number of imide groups is 1. The van der Waals surface area contributed by atoms with Gasteiger partial charge in [-0.3, -0.25) is 19.8 Å². The number of carbonyl (C=O) groups is 2. The van der Waals surface area contributed by atoms with Gasteiger partial charge in [0, 0.05) is 14.0 Å². The average Bonchev–Trinajstić information content (AvgIpc) is 2.76. The Morgan fingerprint density at radius 1 is 1.50 bits per heavy atom. The lowest BCUT2D eigenvalue weighted by atomic mass is 10.2. The van der Waals surface area contributed by atoms with Crippen LogP contribution in [0.4, 0.5) is 0 Å². The minimum Gasteiger partial charge on any atom is -0.424 e. The first kappa shape index (κ1) is 10.7. The number of amides is 2. The van der Waals surface area contributed by atoms with Crippen molar-refractivity contribution in [2.45, 2.75) is 25.9 Å². The van der Waals surface area contributed by atoms with Crippen molar-refractivity contribution in [1.82, 2.24) is 20.4 Å². The van der Waals surface area contributed by atoms with Gasteiger partial charge in [-0.2, -0.15) is 0 Å². The molecule has 2 rings (SSSR count). The standard InChI is InChI=1S/C9H12N4O3/c1-5-11-12-7(16-5)4-10-6-3-8(14)13(2)9(6)15/h6,10H,3-4H2,1-2H3. The Morgan fingerprint density at radius 3 is 2.75 bits per heavy atom. The molecule has 2 amide bonds. The Balaban J connectivity index is 1.92. The molecule has 1 aliphatic heterocycles. The van der Waals surface area contributed by atoms with Crippen LogP contribution in [-0.2, 0) is 16.1 Å². The molecule has 1 fully saturated rings. The van der Waals surface area contributed by atoms with Crippen LogP contribution in [0.15, 0.2) is 4.42 Å². The summed E-state index contributed by atoms with van der Waals surface area (Å²) in [7, 11) is 1.48. The van der Waals surface area contributed by atoms with Crippen molar-refractivity contribution in [3.63, 3.8) is 0 Å². The van der Waals surface area contributed by atoms with Crippen molar-refractivity contribution in [2.75, 3.05) is 7.05 Å². The van der Waals surface area contributed by atoms with E-state index in [0.29, 0.717) is 18.3 Å². The molecule has 0 radical (unpaired) electrons. The van der Waals surface area contributed by atoms with Gasteiger partial charge in [-0.05, 0) is 0 Å². The van der Waals surface area contributed by atoms with E-state index in [1.165, 1.54) is 7.05 Å². The molecule has 1 saturated heterocycles. The smallest absolute Gasteiger partial charge is 0.246 e. The fourth-order valence-corrected chi connectivity index (χ4v) is 1.53. The number of nitrogens with zero attached hydrogens (tertiary/aromatic N) is 3. The maximum Gasteiger partial charge on any atom is 0.246 e. The van der Waals surface area contributed by atoms with Crippen LogP contribution in [0.5, 0.6) is 0 Å². The zero-order chi connectivity index (χ0) is 11.7. The van der Waals surface area contributed by atoms with Gasteiger partial charge < -0.3 is 4.42 Å². The van der Waals surface area contributed by atoms with Crippen molar-refractivity contribution in [2.24, 2.45) is 0 Å². The molecule has 0 aromatic carbocycles. The molecule has 7 heteroatoms. The molecule has 1 unspecified atom stereocenters. The highest BCUT2D eigenvalue weighted by Crippen LogP contribution is 2.11. The third kappa shape index (κ3) is 1.94. The lowest BCUT2D eigenvalue weighted by Gasteiger charge is -2.08. The number of likely N-dealkylation sites (N-methyl/N-ethyl adjacent to an activating group) is 1. The summed E-state index contributed by atoms with van der Waals surface area (Å²) >= 11 is 0. The zero-order valence-corrected chi connectivity index (χ0v) is 9.06. The minimum absolute atomic E-state index is 0.177. The van der Waals surface area contributed by atoms with E-state index in [0.717, 1.165) is 4.90 Å². The summed E-state index contributed by atoms with van der Waals surface area (Å²) in [6, 6.07) is -0.482. The second-order valence-electron chi connectivity index (χ2n) is 3.64. The van der Waals surface area contributed by atoms with Crippen molar-refractivity contribution in [1.29, 1.82) is 0 Å². The number of hydrogen-bond acceptors (Lipinski definition) is 6. The topological polar surface area (TPSA) is 88.3 Å². The summed E-state index contributed by atoms with van der Waals surface area (Å²) in [6.45, 7) is 1.98. The number of likely N-dealkylation sites (tertiary alicyclic amines) is 1. The first-order valence-electron chi connectivity index (χ1n) is 4.90. The highest BCUT2D eigenvalue weighted by molar-refractivity contribution is 6.05. The lowest BCUT2D eigenvalue weighted by Crippen LogP contribution is -2.36. The molecule has 1 aliphatic rings. The number of hydrogen-bond donors (Lipinski definition) is 1. The van der Waals surface area contributed by atoms with Gasteiger partial charge in [0.25, 0.3) is 0 Å². The van der Waals surface area contributed by atoms with E-state index >= 15 is 0 Å². The van der Waals surface area contributed by atoms with E-state index in [1.54, 1.807) is 6.92 Å². The summed E-state index contributed by atoms with van der Waals surface area (Å²) in [5, 5.41) is 10.4. The summed E-state index contributed by atoms with van der Waals surface area (Å²) in [5.74, 6) is 0.487. The molecule has 2 heterocycles. The molecular formula is C9H12N4O3.